The van der Waals surface area contributed by atoms with Crippen LogP contribution in [-0.2, 0) is 6.42 Å². The third-order valence-corrected chi connectivity index (χ3v) is 3.96. The molecular formula is C17H20N4OS. The van der Waals surface area contributed by atoms with Crippen molar-refractivity contribution in [3.8, 4) is 11.8 Å². The Morgan fingerprint density at radius 3 is 2.87 bits per heavy atom. The van der Waals surface area contributed by atoms with Crippen LogP contribution in [0.1, 0.15) is 34.3 Å². The Hall–Kier alpha value is -2.39. The Morgan fingerprint density at radius 2 is 2.13 bits per heavy atom. The second kappa shape index (κ2) is 8.30. The number of carbonyl (C=O) groups excluding carboxylic acids is 1. The number of aromatic nitrogens is 2. The van der Waals surface area contributed by atoms with E-state index in [1.165, 1.54) is 0 Å². The Morgan fingerprint density at radius 1 is 1.35 bits per heavy atom. The Kier molecular flexibility index (Phi) is 6.12. The van der Waals surface area contributed by atoms with Crippen LogP contribution in [0.4, 0.5) is 5.69 Å². The first-order valence-corrected chi connectivity index (χ1v) is 8.25. The summed E-state index contributed by atoms with van der Waals surface area (Å²) in [5.74, 6) is 5.94. The Labute approximate surface area is 140 Å². The zero-order chi connectivity index (χ0) is 16.7. The zero-order valence-electron chi connectivity index (χ0n) is 13.6. The summed E-state index contributed by atoms with van der Waals surface area (Å²) < 4.78 is 3.86. The van der Waals surface area contributed by atoms with Crippen molar-refractivity contribution in [3.05, 3.63) is 40.4 Å². The van der Waals surface area contributed by atoms with Gasteiger partial charge in [-0.15, -0.1) is 5.10 Å². The van der Waals surface area contributed by atoms with Gasteiger partial charge in [0.15, 0.2) is 0 Å². The molecule has 0 fully saturated rings. The minimum absolute atomic E-state index is 0.154. The van der Waals surface area contributed by atoms with Gasteiger partial charge in [0.05, 0.1) is 17.9 Å². The van der Waals surface area contributed by atoms with Crippen LogP contribution in [0.25, 0.3) is 0 Å². The topological polar surface area (TPSA) is 58.1 Å². The highest BCUT2D eigenvalue weighted by atomic mass is 32.1. The average molecular weight is 328 g/mol. The van der Waals surface area contributed by atoms with Crippen LogP contribution in [0.2, 0.25) is 0 Å². The summed E-state index contributed by atoms with van der Waals surface area (Å²) in [6.45, 7) is 2.35. The van der Waals surface area contributed by atoms with Gasteiger partial charge in [-0.05, 0) is 30.1 Å². The van der Waals surface area contributed by atoms with Crippen LogP contribution < -0.4 is 10.2 Å². The van der Waals surface area contributed by atoms with Crippen molar-refractivity contribution >= 4 is 23.1 Å². The van der Waals surface area contributed by atoms with Gasteiger partial charge >= 0.3 is 0 Å². The molecule has 0 aliphatic carbocycles. The fourth-order valence-corrected chi connectivity index (χ4v) is 2.72. The number of para-hydroxylation sites is 1. The van der Waals surface area contributed by atoms with E-state index in [1.54, 1.807) is 0 Å². The lowest BCUT2D eigenvalue weighted by molar-refractivity contribution is 0.0961. The maximum atomic E-state index is 12.1. The summed E-state index contributed by atoms with van der Waals surface area (Å²) in [7, 11) is 3.96. The highest BCUT2D eigenvalue weighted by Gasteiger charge is 2.14. The summed E-state index contributed by atoms with van der Waals surface area (Å²) >= 11 is 1.13. The summed E-state index contributed by atoms with van der Waals surface area (Å²) in [5.41, 5.74) is 2.77. The van der Waals surface area contributed by atoms with E-state index in [-0.39, 0.29) is 5.91 Å². The highest BCUT2D eigenvalue weighted by Crippen LogP contribution is 2.16. The highest BCUT2D eigenvalue weighted by molar-refractivity contribution is 7.08. The number of amides is 1. The number of carbonyl (C=O) groups is 1. The second-order valence-electron chi connectivity index (χ2n) is 5.19. The number of anilines is 1. The molecule has 0 saturated heterocycles. The second-order valence-corrected chi connectivity index (χ2v) is 5.95. The molecule has 1 amide bonds. The van der Waals surface area contributed by atoms with Crippen LogP contribution in [0.3, 0.4) is 0 Å². The van der Waals surface area contributed by atoms with E-state index < -0.39 is 0 Å². The van der Waals surface area contributed by atoms with Crippen molar-refractivity contribution < 1.29 is 4.79 Å². The van der Waals surface area contributed by atoms with Gasteiger partial charge in [0.2, 0.25) is 0 Å². The molecule has 1 N–H and O–H groups in total. The predicted molar refractivity (Wildman–Crippen MR) is 93.9 cm³/mol. The maximum Gasteiger partial charge on any atom is 0.265 e. The molecule has 0 bridgehead atoms. The van der Waals surface area contributed by atoms with Crippen molar-refractivity contribution in [1.29, 1.82) is 0 Å². The molecule has 2 rings (SSSR count). The largest absolute Gasteiger partial charge is 0.377 e. The fraction of sp³-hybridized carbons (Fsp3) is 0.353. The molecule has 5 nitrogen and oxygen atoms in total. The Balaban J connectivity index is 1.98. The molecule has 0 aliphatic rings. The smallest absolute Gasteiger partial charge is 0.265 e. The van der Waals surface area contributed by atoms with Crippen LogP contribution in [0, 0.1) is 11.8 Å². The lowest BCUT2D eigenvalue weighted by atomic mass is 10.1. The maximum absolute atomic E-state index is 12.1. The van der Waals surface area contributed by atoms with E-state index >= 15 is 0 Å². The molecule has 23 heavy (non-hydrogen) atoms. The van der Waals surface area contributed by atoms with Gasteiger partial charge in [-0.3, -0.25) is 4.79 Å². The lowest BCUT2D eigenvalue weighted by Gasteiger charge is -2.13. The standard InChI is InChI=1S/C17H20N4OS/c1-4-8-14-16(23-20-19-14)17(22)18-12-7-10-13-9-5-6-11-15(13)21(2)3/h5-6,9,11H,4,8,12H2,1-3H3,(H,18,22). The SMILES string of the molecule is CCCc1nnsc1C(=O)NCC#Cc1ccccc1N(C)C. The van der Waals surface area contributed by atoms with Crippen LogP contribution >= 0.6 is 11.5 Å². The number of hydrogen-bond acceptors (Lipinski definition) is 5. The first-order chi connectivity index (χ1) is 11.1. The molecule has 2 aromatic rings. The van der Waals surface area contributed by atoms with Gasteiger partial charge < -0.3 is 10.2 Å². The van der Waals surface area contributed by atoms with Crippen molar-refractivity contribution in [3.63, 3.8) is 0 Å². The normalized spacial score (nSPS) is 9.87. The monoisotopic (exact) mass is 328 g/mol. The van der Waals surface area contributed by atoms with Crippen LogP contribution in [-0.4, -0.2) is 36.1 Å². The summed E-state index contributed by atoms with van der Waals surface area (Å²) in [5, 5.41) is 6.81. The first-order valence-electron chi connectivity index (χ1n) is 7.48. The van der Waals surface area contributed by atoms with Crippen LogP contribution in [0.15, 0.2) is 24.3 Å². The summed E-state index contributed by atoms with van der Waals surface area (Å²) in [6, 6.07) is 7.92. The number of benzene rings is 1. The molecule has 0 saturated carbocycles. The molecule has 1 heterocycles. The minimum Gasteiger partial charge on any atom is -0.377 e. The first kappa shape index (κ1) is 17.0. The molecule has 120 valence electrons. The molecule has 1 aromatic carbocycles. The van der Waals surface area contributed by atoms with E-state index in [4.69, 9.17) is 0 Å². The van der Waals surface area contributed by atoms with Gasteiger partial charge in [-0.2, -0.15) is 0 Å². The van der Waals surface area contributed by atoms with Crippen molar-refractivity contribution in [2.24, 2.45) is 0 Å². The summed E-state index contributed by atoms with van der Waals surface area (Å²) in [6.07, 6.45) is 1.70. The Bertz CT molecular complexity index is 727. The van der Waals surface area contributed by atoms with Crippen molar-refractivity contribution in [2.45, 2.75) is 19.8 Å². The number of rotatable bonds is 5. The van der Waals surface area contributed by atoms with E-state index in [0.29, 0.717) is 11.4 Å². The van der Waals surface area contributed by atoms with Crippen molar-refractivity contribution in [1.82, 2.24) is 14.9 Å². The molecular weight excluding hydrogens is 308 g/mol. The third kappa shape index (κ3) is 4.54. The van der Waals surface area contributed by atoms with Gasteiger partial charge in [0.1, 0.15) is 4.88 Å². The predicted octanol–water partition coefficient (Wildman–Crippen LogP) is 2.34. The quantitative estimate of drug-likeness (QED) is 0.856. The molecule has 6 heteroatoms. The molecule has 0 aliphatic heterocycles. The van der Waals surface area contributed by atoms with Crippen molar-refractivity contribution in [2.75, 3.05) is 25.5 Å². The average Bonchev–Trinajstić information content (AvgIpc) is 3.00. The van der Waals surface area contributed by atoms with Gasteiger partial charge in [0.25, 0.3) is 5.91 Å². The fourth-order valence-electron chi connectivity index (χ4n) is 2.09. The number of nitrogens with zero attached hydrogens (tertiary/aromatic N) is 3. The summed E-state index contributed by atoms with van der Waals surface area (Å²) in [4.78, 5) is 14.7. The van der Waals surface area contributed by atoms with E-state index in [0.717, 1.165) is 41.3 Å². The van der Waals surface area contributed by atoms with Gasteiger partial charge in [0, 0.05) is 19.7 Å². The van der Waals surface area contributed by atoms with Gasteiger partial charge in [-0.25, -0.2) is 0 Å². The molecule has 0 unspecified atom stereocenters. The zero-order valence-corrected chi connectivity index (χ0v) is 14.4. The molecule has 1 aromatic heterocycles. The molecule has 0 radical (unpaired) electrons. The number of aryl methyl sites for hydroxylation is 1. The van der Waals surface area contributed by atoms with Crippen LogP contribution in [0.5, 0.6) is 0 Å². The lowest BCUT2D eigenvalue weighted by Crippen LogP contribution is -2.23. The minimum atomic E-state index is -0.154. The van der Waals surface area contributed by atoms with Gasteiger partial charge in [-0.1, -0.05) is 41.8 Å². The molecule has 0 atom stereocenters. The third-order valence-electron chi connectivity index (χ3n) is 3.20. The van der Waals surface area contributed by atoms with E-state index in [9.17, 15) is 4.79 Å². The van der Waals surface area contributed by atoms with E-state index in [2.05, 4.69) is 33.7 Å². The number of nitrogens with one attached hydrogen (secondary N) is 1. The number of hydrogen-bond donors (Lipinski definition) is 1. The van der Waals surface area contributed by atoms with E-state index in [1.807, 2.05) is 43.3 Å². The molecule has 0 spiro atoms.